The highest BCUT2D eigenvalue weighted by Crippen LogP contribution is 2.19. The van der Waals surface area contributed by atoms with Crippen LogP contribution in [-0.2, 0) is 13.1 Å². The second kappa shape index (κ2) is 9.31. The Balaban J connectivity index is 1.57. The first-order chi connectivity index (χ1) is 15.0. The summed E-state index contributed by atoms with van der Waals surface area (Å²) in [5.41, 5.74) is 2.32. The third-order valence-electron chi connectivity index (χ3n) is 5.98. The highest BCUT2D eigenvalue weighted by Gasteiger charge is 2.20. The molecule has 1 saturated heterocycles. The second-order valence-electron chi connectivity index (χ2n) is 8.26. The van der Waals surface area contributed by atoms with Crippen molar-refractivity contribution in [1.82, 2.24) is 19.4 Å². The van der Waals surface area contributed by atoms with Crippen molar-refractivity contribution < 1.29 is 4.79 Å². The van der Waals surface area contributed by atoms with Gasteiger partial charge in [-0.1, -0.05) is 18.2 Å². The van der Waals surface area contributed by atoms with E-state index in [1.54, 1.807) is 17.0 Å². The Kier molecular flexibility index (Phi) is 6.32. The van der Waals surface area contributed by atoms with Crippen LogP contribution in [0.1, 0.15) is 40.2 Å². The largest absolute Gasteiger partial charge is 0.331 e. The summed E-state index contributed by atoms with van der Waals surface area (Å²) >= 11 is 0. The van der Waals surface area contributed by atoms with E-state index in [4.69, 9.17) is 0 Å². The van der Waals surface area contributed by atoms with E-state index in [1.165, 1.54) is 0 Å². The van der Waals surface area contributed by atoms with E-state index in [9.17, 15) is 9.59 Å². The molecule has 0 saturated carbocycles. The number of nitrogens with zero attached hydrogens (tertiary/aromatic N) is 3. The summed E-state index contributed by atoms with van der Waals surface area (Å²) < 4.78 is 3.70. The molecular weight excluding hydrogens is 390 g/mol. The molecule has 1 unspecified atom stereocenters. The Morgan fingerprint density at radius 1 is 1.19 bits per heavy atom. The first-order valence-electron chi connectivity index (χ1n) is 10.8. The molecule has 0 aliphatic carbocycles. The third kappa shape index (κ3) is 4.77. The zero-order chi connectivity index (χ0) is 21.8. The molecule has 0 bridgehead atoms. The summed E-state index contributed by atoms with van der Waals surface area (Å²) in [6.07, 6.45) is 7.68. The molecule has 1 atom stereocenters. The highest BCUT2D eigenvalue weighted by atomic mass is 16.2. The number of anilines is 1. The van der Waals surface area contributed by atoms with Crippen LogP contribution in [0.5, 0.6) is 0 Å². The van der Waals surface area contributed by atoms with E-state index in [-0.39, 0.29) is 17.0 Å². The molecule has 3 aromatic rings. The summed E-state index contributed by atoms with van der Waals surface area (Å²) in [6, 6.07) is 9.51. The Morgan fingerprint density at radius 2 is 2.03 bits per heavy atom. The lowest BCUT2D eigenvalue weighted by Crippen LogP contribution is -2.36. The van der Waals surface area contributed by atoms with Gasteiger partial charge >= 0.3 is 0 Å². The van der Waals surface area contributed by atoms with E-state index in [0.717, 1.165) is 37.3 Å². The van der Waals surface area contributed by atoms with Crippen molar-refractivity contribution in [3.05, 3.63) is 81.8 Å². The number of amides is 1. The lowest BCUT2D eigenvalue weighted by molar-refractivity contribution is 0.102. The van der Waals surface area contributed by atoms with Crippen molar-refractivity contribution >= 4 is 11.6 Å². The smallest absolute Gasteiger partial charge is 0.263 e. The molecule has 1 aliphatic heterocycles. The molecule has 7 heteroatoms. The average molecular weight is 420 g/mol. The van der Waals surface area contributed by atoms with Crippen molar-refractivity contribution in [2.75, 3.05) is 18.4 Å². The van der Waals surface area contributed by atoms with E-state index in [2.05, 4.69) is 15.6 Å². The molecule has 1 fully saturated rings. The van der Waals surface area contributed by atoms with Crippen LogP contribution < -0.4 is 16.2 Å². The van der Waals surface area contributed by atoms with Gasteiger partial charge in [0.2, 0.25) is 0 Å². The van der Waals surface area contributed by atoms with Gasteiger partial charge in [-0.2, -0.15) is 0 Å². The van der Waals surface area contributed by atoms with Crippen LogP contribution >= 0.6 is 0 Å². The molecule has 1 aliphatic rings. The molecule has 162 valence electrons. The molecular formula is C24H29N5O2. The van der Waals surface area contributed by atoms with E-state index in [1.807, 2.05) is 54.9 Å². The quantitative estimate of drug-likeness (QED) is 0.644. The highest BCUT2D eigenvalue weighted by molar-refractivity contribution is 6.05. The lowest BCUT2D eigenvalue weighted by Gasteiger charge is -2.23. The number of hydrogen-bond acceptors (Lipinski definition) is 4. The maximum Gasteiger partial charge on any atom is 0.263 e. The predicted molar refractivity (Wildman–Crippen MR) is 121 cm³/mol. The number of rotatable bonds is 6. The topological polar surface area (TPSA) is 81.0 Å². The fraction of sp³-hybridized carbons (Fsp3) is 0.375. The predicted octanol–water partition coefficient (Wildman–Crippen LogP) is 2.96. The summed E-state index contributed by atoms with van der Waals surface area (Å²) in [5.74, 6) is 0.942. The Bertz CT molecular complexity index is 1120. The zero-order valence-corrected chi connectivity index (χ0v) is 18.1. The minimum absolute atomic E-state index is 0.208. The summed E-state index contributed by atoms with van der Waals surface area (Å²) in [5, 5.41) is 6.36. The maximum absolute atomic E-state index is 13.2. The molecule has 4 rings (SSSR count). The number of para-hydroxylation sites is 1. The Morgan fingerprint density at radius 3 is 2.77 bits per heavy atom. The number of aromatic nitrogens is 3. The van der Waals surface area contributed by atoms with Gasteiger partial charge in [-0.3, -0.25) is 9.59 Å². The van der Waals surface area contributed by atoms with Gasteiger partial charge in [-0.05, 0) is 69.0 Å². The van der Waals surface area contributed by atoms with Crippen LogP contribution in [0.15, 0.2) is 53.7 Å². The number of pyridine rings is 1. The van der Waals surface area contributed by atoms with Gasteiger partial charge in [0.1, 0.15) is 11.4 Å². The molecule has 3 heterocycles. The maximum atomic E-state index is 13.2. The first kappa shape index (κ1) is 21.1. The summed E-state index contributed by atoms with van der Waals surface area (Å²) in [4.78, 5) is 30.6. The molecule has 7 nitrogen and oxygen atoms in total. The van der Waals surface area contributed by atoms with Crippen LogP contribution in [0.4, 0.5) is 5.69 Å². The minimum Gasteiger partial charge on any atom is -0.331 e. The summed E-state index contributed by atoms with van der Waals surface area (Å²) in [6.45, 7) is 6.91. The fourth-order valence-electron chi connectivity index (χ4n) is 4.16. The van der Waals surface area contributed by atoms with Crippen LogP contribution in [-0.4, -0.2) is 33.1 Å². The molecule has 0 radical (unpaired) electrons. The molecule has 1 aromatic carbocycles. The number of imidazole rings is 1. The van der Waals surface area contributed by atoms with E-state index >= 15 is 0 Å². The number of carbonyl (C=O) groups excluding carboxylic acids is 1. The van der Waals surface area contributed by atoms with Gasteiger partial charge in [-0.25, -0.2) is 4.98 Å². The second-order valence-corrected chi connectivity index (χ2v) is 8.26. The number of carbonyl (C=O) groups is 1. The van der Waals surface area contributed by atoms with Crippen LogP contribution in [0.3, 0.4) is 0 Å². The summed E-state index contributed by atoms with van der Waals surface area (Å²) in [7, 11) is 0. The van der Waals surface area contributed by atoms with Crippen molar-refractivity contribution in [2.45, 2.75) is 39.8 Å². The third-order valence-corrected chi connectivity index (χ3v) is 5.98. The van der Waals surface area contributed by atoms with Crippen LogP contribution in [0.2, 0.25) is 0 Å². The molecule has 2 aromatic heterocycles. The number of benzene rings is 1. The van der Waals surface area contributed by atoms with Crippen LogP contribution in [0.25, 0.3) is 0 Å². The van der Waals surface area contributed by atoms with Crippen molar-refractivity contribution in [2.24, 2.45) is 5.92 Å². The first-order valence-corrected chi connectivity index (χ1v) is 10.8. The number of nitrogens with one attached hydrogen (secondary N) is 2. The molecule has 0 spiro atoms. The Hall–Kier alpha value is -3.19. The number of aryl methyl sites for hydroxylation is 2. The zero-order valence-electron chi connectivity index (χ0n) is 18.1. The molecule has 31 heavy (non-hydrogen) atoms. The van der Waals surface area contributed by atoms with Crippen molar-refractivity contribution in [1.29, 1.82) is 0 Å². The van der Waals surface area contributed by atoms with E-state index in [0.29, 0.717) is 30.3 Å². The monoisotopic (exact) mass is 419 g/mol. The fourth-order valence-corrected chi connectivity index (χ4v) is 4.16. The van der Waals surface area contributed by atoms with Gasteiger partial charge in [0.05, 0.1) is 6.54 Å². The number of piperidine rings is 1. The molecule has 1 amide bonds. The standard InChI is InChI=1S/C24H29N5O2/c1-17-9-12-29(15-19-6-5-10-25-14-19)24(31)22(17)23(30)27-21-8-4-3-7-20(21)16-28-13-11-26-18(28)2/h3-4,7-9,11-13,19,25H,5-6,10,14-16H2,1-2H3,(H,27,30). The average Bonchev–Trinajstić information content (AvgIpc) is 3.17. The van der Waals surface area contributed by atoms with Gasteiger partial charge in [0, 0.05) is 30.8 Å². The van der Waals surface area contributed by atoms with Gasteiger partial charge < -0.3 is 19.8 Å². The van der Waals surface area contributed by atoms with Crippen molar-refractivity contribution in [3.8, 4) is 0 Å². The normalized spacial score (nSPS) is 16.3. The van der Waals surface area contributed by atoms with Gasteiger partial charge in [0.25, 0.3) is 11.5 Å². The number of hydrogen-bond donors (Lipinski definition) is 2. The Labute approximate surface area is 182 Å². The van der Waals surface area contributed by atoms with Crippen molar-refractivity contribution in [3.63, 3.8) is 0 Å². The minimum atomic E-state index is -0.367. The SMILES string of the molecule is Cc1ccn(CC2CCCNC2)c(=O)c1C(=O)Nc1ccccc1Cn1ccnc1C. The lowest BCUT2D eigenvalue weighted by atomic mass is 9.99. The van der Waals surface area contributed by atoms with Crippen LogP contribution in [0, 0.1) is 19.8 Å². The van der Waals surface area contributed by atoms with Gasteiger partial charge in [0.15, 0.2) is 0 Å². The van der Waals surface area contributed by atoms with E-state index < -0.39 is 0 Å². The molecule has 2 N–H and O–H groups in total. The van der Waals surface area contributed by atoms with Gasteiger partial charge in [-0.15, -0.1) is 0 Å².